The number of nitrogens with zero attached hydrogens (tertiary/aromatic N) is 4. The number of anilines is 1. The molecule has 2 aromatic heterocycles. The number of carbonyl (C=O) groups is 1. The topological polar surface area (TPSA) is 92.8 Å². The van der Waals surface area contributed by atoms with E-state index >= 15 is 0 Å². The Morgan fingerprint density at radius 2 is 2.45 bits per heavy atom. The second-order valence-corrected chi connectivity index (χ2v) is 3.91. The molecule has 0 unspecified atom stereocenters. The van der Waals surface area contributed by atoms with Crippen molar-refractivity contribution in [3.05, 3.63) is 35.8 Å². The molecule has 0 fully saturated rings. The fraction of sp³-hybridized carbons (Fsp3) is 0.231. The van der Waals surface area contributed by atoms with Gasteiger partial charge in [0.15, 0.2) is 12.1 Å². The summed E-state index contributed by atoms with van der Waals surface area (Å²) in [4.78, 5) is 15.0. The predicted molar refractivity (Wildman–Crippen MR) is 71.8 cm³/mol. The van der Waals surface area contributed by atoms with Crippen LogP contribution in [-0.2, 0) is 4.74 Å². The Morgan fingerprint density at radius 1 is 1.60 bits per heavy atom. The van der Waals surface area contributed by atoms with Crippen LogP contribution in [0, 0.1) is 11.3 Å². The average molecular weight is 271 g/mol. The van der Waals surface area contributed by atoms with Gasteiger partial charge in [-0.3, -0.25) is 4.79 Å². The van der Waals surface area contributed by atoms with Crippen LogP contribution in [0.3, 0.4) is 0 Å². The highest BCUT2D eigenvalue weighted by Crippen LogP contribution is 2.17. The van der Waals surface area contributed by atoms with E-state index in [-0.39, 0.29) is 0 Å². The molecule has 2 aromatic rings. The zero-order valence-electron chi connectivity index (χ0n) is 10.9. The molecule has 7 heteroatoms. The molecule has 0 aliphatic heterocycles. The minimum Gasteiger partial charge on any atom is -0.383 e. The second-order valence-electron chi connectivity index (χ2n) is 3.91. The molecule has 20 heavy (non-hydrogen) atoms. The highest BCUT2D eigenvalue weighted by atomic mass is 16.5. The van der Waals surface area contributed by atoms with E-state index in [2.05, 4.69) is 21.5 Å². The van der Waals surface area contributed by atoms with Crippen LogP contribution in [0.1, 0.15) is 16.1 Å². The van der Waals surface area contributed by atoms with E-state index in [1.807, 2.05) is 0 Å². The summed E-state index contributed by atoms with van der Waals surface area (Å²) in [7, 11) is 1.60. The Balaban J connectivity index is 2.34. The van der Waals surface area contributed by atoms with E-state index in [0.29, 0.717) is 42.2 Å². The van der Waals surface area contributed by atoms with Crippen LogP contribution in [-0.4, -0.2) is 41.3 Å². The van der Waals surface area contributed by atoms with Gasteiger partial charge in [0, 0.05) is 25.9 Å². The van der Waals surface area contributed by atoms with Crippen LogP contribution < -0.4 is 5.32 Å². The maximum atomic E-state index is 10.9. The molecular formula is C13H13N5O2. The number of aldehydes is 1. The summed E-state index contributed by atoms with van der Waals surface area (Å²) in [5.41, 5.74) is 1.44. The third-order valence-corrected chi connectivity index (χ3v) is 2.64. The summed E-state index contributed by atoms with van der Waals surface area (Å²) in [5.74, 6) is 0.469. The van der Waals surface area contributed by atoms with E-state index in [1.54, 1.807) is 19.2 Å². The Labute approximate surface area is 115 Å². The van der Waals surface area contributed by atoms with Gasteiger partial charge >= 0.3 is 0 Å². The lowest BCUT2D eigenvalue weighted by molar-refractivity contribution is 0.111. The lowest BCUT2D eigenvalue weighted by Crippen LogP contribution is -2.11. The quantitative estimate of drug-likeness (QED) is 0.622. The molecule has 0 spiro atoms. The number of hydrogen-bond donors (Lipinski definition) is 1. The molecule has 0 radical (unpaired) electrons. The molecular weight excluding hydrogens is 258 g/mol. The number of aromatic nitrogens is 3. The van der Waals surface area contributed by atoms with Crippen molar-refractivity contribution in [3.63, 3.8) is 0 Å². The summed E-state index contributed by atoms with van der Waals surface area (Å²) >= 11 is 0. The number of carbonyl (C=O) groups excluding carboxylic acids is 1. The number of rotatable bonds is 6. The molecule has 0 saturated heterocycles. The van der Waals surface area contributed by atoms with Crippen LogP contribution >= 0.6 is 0 Å². The van der Waals surface area contributed by atoms with Crippen LogP contribution in [0.15, 0.2) is 24.5 Å². The van der Waals surface area contributed by atoms with Crippen molar-refractivity contribution in [2.75, 3.05) is 25.6 Å². The summed E-state index contributed by atoms with van der Waals surface area (Å²) in [5, 5.41) is 16.2. The van der Waals surface area contributed by atoms with Crippen molar-refractivity contribution < 1.29 is 9.53 Å². The number of methoxy groups -OCH3 is 1. The normalized spacial score (nSPS) is 10.0. The average Bonchev–Trinajstić information content (AvgIpc) is 2.96. The third-order valence-electron chi connectivity index (χ3n) is 2.64. The number of pyridine rings is 1. The first-order valence-electron chi connectivity index (χ1n) is 5.92. The van der Waals surface area contributed by atoms with Crippen molar-refractivity contribution >= 4 is 12.0 Å². The lowest BCUT2D eigenvalue weighted by Gasteiger charge is -2.10. The van der Waals surface area contributed by atoms with Crippen molar-refractivity contribution in [1.29, 1.82) is 5.26 Å². The van der Waals surface area contributed by atoms with Crippen LogP contribution in [0.5, 0.6) is 0 Å². The highest BCUT2D eigenvalue weighted by Gasteiger charge is 2.09. The van der Waals surface area contributed by atoms with Crippen LogP contribution in [0.2, 0.25) is 0 Å². The summed E-state index contributed by atoms with van der Waals surface area (Å²) in [6.45, 7) is 1.08. The maximum absolute atomic E-state index is 10.9. The molecule has 7 nitrogen and oxygen atoms in total. The molecule has 0 bridgehead atoms. The largest absolute Gasteiger partial charge is 0.383 e. The Kier molecular flexibility index (Phi) is 4.42. The van der Waals surface area contributed by atoms with Gasteiger partial charge in [-0.1, -0.05) is 0 Å². The molecule has 2 rings (SSSR count). The van der Waals surface area contributed by atoms with E-state index < -0.39 is 0 Å². The fourth-order valence-corrected chi connectivity index (χ4v) is 1.68. The lowest BCUT2D eigenvalue weighted by atomic mass is 10.2. The van der Waals surface area contributed by atoms with Gasteiger partial charge in [0.05, 0.1) is 24.1 Å². The van der Waals surface area contributed by atoms with Crippen LogP contribution in [0.4, 0.5) is 5.69 Å². The minimum absolute atomic E-state index is 0.394. The van der Waals surface area contributed by atoms with Crippen molar-refractivity contribution in [2.45, 2.75) is 0 Å². The summed E-state index contributed by atoms with van der Waals surface area (Å²) in [6, 6.07) is 5.32. The number of ether oxygens (including phenoxy) is 1. The molecule has 0 saturated carbocycles. The second kappa shape index (κ2) is 6.45. The summed E-state index contributed by atoms with van der Waals surface area (Å²) < 4.78 is 6.36. The third kappa shape index (κ3) is 2.81. The van der Waals surface area contributed by atoms with Gasteiger partial charge < -0.3 is 10.1 Å². The molecule has 102 valence electrons. The van der Waals surface area contributed by atoms with Gasteiger partial charge in [-0.25, -0.2) is 9.67 Å². The fourth-order valence-electron chi connectivity index (χ4n) is 1.68. The first-order valence-corrected chi connectivity index (χ1v) is 5.92. The van der Waals surface area contributed by atoms with Gasteiger partial charge in [-0.05, 0) is 6.07 Å². The zero-order chi connectivity index (χ0) is 14.4. The smallest absolute Gasteiger partial charge is 0.168 e. The standard InChI is InChI=1S/C13H13N5O2/c1-20-5-4-15-12-6-13(16-8-10(12)7-14)18-11(9-19)2-3-17-18/h2-3,6,8-9H,4-5H2,1H3,(H,15,16). The minimum atomic E-state index is 0.394. The van der Waals surface area contributed by atoms with Crippen molar-refractivity contribution in [3.8, 4) is 11.9 Å². The number of nitriles is 1. The SMILES string of the molecule is COCCNc1cc(-n2nccc2C=O)ncc1C#N. The Morgan fingerprint density at radius 3 is 3.15 bits per heavy atom. The number of hydrogen-bond acceptors (Lipinski definition) is 6. The Bertz CT molecular complexity index is 644. The predicted octanol–water partition coefficient (Wildman–Crippen LogP) is 1.01. The van der Waals surface area contributed by atoms with Crippen molar-refractivity contribution in [1.82, 2.24) is 14.8 Å². The molecule has 0 aromatic carbocycles. The molecule has 0 amide bonds. The molecule has 1 N–H and O–H groups in total. The van der Waals surface area contributed by atoms with Crippen LogP contribution in [0.25, 0.3) is 5.82 Å². The van der Waals surface area contributed by atoms with E-state index in [4.69, 9.17) is 10.00 Å². The van der Waals surface area contributed by atoms with E-state index in [9.17, 15) is 4.79 Å². The van der Waals surface area contributed by atoms with Gasteiger partial charge in [0.25, 0.3) is 0 Å². The molecule has 2 heterocycles. The van der Waals surface area contributed by atoms with Gasteiger partial charge in [0.1, 0.15) is 11.8 Å². The monoisotopic (exact) mass is 271 g/mol. The molecule has 0 aliphatic carbocycles. The maximum Gasteiger partial charge on any atom is 0.168 e. The molecule has 0 atom stereocenters. The first kappa shape index (κ1) is 13.7. The van der Waals surface area contributed by atoms with Gasteiger partial charge in [0.2, 0.25) is 0 Å². The highest BCUT2D eigenvalue weighted by molar-refractivity contribution is 5.73. The van der Waals surface area contributed by atoms with Gasteiger partial charge in [-0.2, -0.15) is 10.4 Å². The molecule has 0 aliphatic rings. The number of nitrogens with one attached hydrogen (secondary N) is 1. The zero-order valence-corrected chi connectivity index (χ0v) is 10.9. The van der Waals surface area contributed by atoms with Crippen molar-refractivity contribution in [2.24, 2.45) is 0 Å². The Hall–Kier alpha value is -2.72. The summed E-state index contributed by atoms with van der Waals surface area (Å²) in [6.07, 6.45) is 3.66. The van der Waals surface area contributed by atoms with E-state index in [1.165, 1.54) is 17.1 Å². The first-order chi connectivity index (χ1) is 9.80. The van der Waals surface area contributed by atoms with Gasteiger partial charge in [-0.15, -0.1) is 0 Å². The van der Waals surface area contributed by atoms with E-state index in [0.717, 1.165) is 0 Å².